The fourth-order valence-corrected chi connectivity index (χ4v) is 3.03. The Morgan fingerprint density at radius 2 is 1.67 bits per heavy atom. The van der Waals surface area contributed by atoms with Gasteiger partial charge in [-0.05, 0) is 49.2 Å². The summed E-state index contributed by atoms with van der Waals surface area (Å²) in [7, 11) is 0. The van der Waals surface area contributed by atoms with E-state index >= 15 is 0 Å². The van der Waals surface area contributed by atoms with Gasteiger partial charge in [-0.1, -0.05) is 42.5 Å². The van der Waals surface area contributed by atoms with E-state index in [0.717, 1.165) is 43.8 Å². The molecule has 1 aliphatic heterocycles. The monoisotopic (exact) mass is 325 g/mol. The van der Waals surface area contributed by atoms with Crippen molar-refractivity contribution >= 4 is 5.97 Å². The summed E-state index contributed by atoms with van der Waals surface area (Å²) in [6.45, 7) is 3.14. The molecule has 1 aliphatic rings. The van der Waals surface area contributed by atoms with Crippen LogP contribution in [0.25, 0.3) is 0 Å². The molecule has 0 aliphatic carbocycles. The van der Waals surface area contributed by atoms with E-state index in [-0.39, 0.29) is 5.92 Å². The smallest absolute Gasteiger partial charge is 0.306 e. The van der Waals surface area contributed by atoms with Crippen molar-refractivity contribution in [2.45, 2.75) is 26.0 Å². The maximum Gasteiger partial charge on any atom is 0.306 e. The minimum atomic E-state index is -0.658. The van der Waals surface area contributed by atoms with Gasteiger partial charge in [-0.15, -0.1) is 0 Å². The minimum Gasteiger partial charge on any atom is -0.489 e. The lowest BCUT2D eigenvalue weighted by atomic mass is 9.97. The lowest BCUT2D eigenvalue weighted by Gasteiger charge is -2.30. The average Bonchev–Trinajstić information content (AvgIpc) is 2.62. The Morgan fingerprint density at radius 3 is 2.29 bits per heavy atom. The van der Waals surface area contributed by atoms with Crippen LogP contribution < -0.4 is 4.74 Å². The first kappa shape index (κ1) is 16.5. The fourth-order valence-electron chi connectivity index (χ4n) is 3.03. The zero-order valence-corrected chi connectivity index (χ0v) is 13.7. The Bertz CT molecular complexity index is 646. The SMILES string of the molecule is O=C(O)C1CCN(Cc2ccc(OCc3ccccc3)cc2)CC1. The Kier molecular flexibility index (Phi) is 5.49. The van der Waals surface area contributed by atoms with Crippen molar-refractivity contribution in [2.75, 3.05) is 13.1 Å². The summed E-state index contributed by atoms with van der Waals surface area (Å²) in [5.74, 6) is 0.0387. The van der Waals surface area contributed by atoms with Gasteiger partial charge in [0.15, 0.2) is 0 Å². The summed E-state index contributed by atoms with van der Waals surface area (Å²) in [6.07, 6.45) is 1.49. The number of hydrogen-bond donors (Lipinski definition) is 1. The largest absolute Gasteiger partial charge is 0.489 e. The second-order valence-electron chi connectivity index (χ2n) is 6.31. The maximum absolute atomic E-state index is 11.0. The summed E-state index contributed by atoms with van der Waals surface area (Å²) in [5.41, 5.74) is 2.39. The van der Waals surface area contributed by atoms with Gasteiger partial charge in [-0.2, -0.15) is 0 Å². The fraction of sp³-hybridized carbons (Fsp3) is 0.350. The van der Waals surface area contributed by atoms with E-state index in [9.17, 15) is 4.79 Å². The third kappa shape index (κ3) is 4.59. The number of benzene rings is 2. The van der Waals surface area contributed by atoms with Crippen molar-refractivity contribution < 1.29 is 14.6 Å². The molecule has 4 nitrogen and oxygen atoms in total. The van der Waals surface area contributed by atoms with Crippen LogP contribution in [0.15, 0.2) is 54.6 Å². The second-order valence-corrected chi connectivity index (χ2v) is 6.31. The predicted molar refractivity (Wildman–Crippen MR) is 92.9 cm³/mol. The molecule has 0 aromatic heterocycles. The molecule has 1 fully saturated rings. The molecule has 24 heavy (non-hydrogen) atoms. The number of aliphatic carboxylic acids is 1. The number of likely N-dealkylation sites (tertiary alicyclic amines) is 1. The van der Waals surface area contributed by atoms with E-state index in [0.29, 0.717) is 6.61 Å². The zero-order valence-electron chi connectivity index (χ0n) is 13.7. The molecular formula is C20H23NO3. The summed E-state index contributed by atoms with van der Waals surface area (Å²) in [5, 5.41) is 9.05. The van der Waals surface area contributed by atoms with Crippen molar-refractivity contribution in [1.82, 2.24) is 4.90 Å². The predicted octanol–water partition coefficient (Wildman–Crippen LogP) is 3.56. The van der Waals surface area contributed by atoms with Crippen molar-refractivity contribution in [3.8, 4) is 5.75 Å². The first-order chi connectivity index (χ1) is 11.7. The third-order valence-corrected chi connectivity index (χ3v) is 4.51. The molecular weight excluding hydrogens is 302 g/mol. The maximum atomic E-state index is 11.0. The first-order valence-corrected chi connectivity index (χ1v) is 8.41. The number of carboxylic acid groups (broad SMARTS) is 1. The molecule has 0 amide bonds. The van der Waals surface area contributed by atoms with Crippen LogP contribution >= 0.6 is 0 Å². The summed E-state index contributed by atoms with van der Waals surface area (Å²) in [4.78, 5) is 13.3. The number of rotatable bonds is 6. The molecule has 2 aromatic carbocycles. The standard InChI is InChI=1S/C20H23NO3/c22-20(23)18-10-12-21(13-11-18)14-16-6-8-19(9-7-16)24-15-17-4-2-1-3-5-17/h1-9,18H,10-15H2,(H,22,23). The number of ether oxygens (including phenoxy) is 1. The van der Waals surface area contributed by atoms with Gasteiger partial charge in [0.05, 0.1) is 5.92 Å². The minimum absolute atomic E-state index is 0.171. The van der Waals surface area contributed by atoms with Gasteiger partial charge >= 0.3 is 5.97 Å². The summed E-state index contributed by atoms with van der Waals surface area (Å²) < 4.78 is 5.80. The number of carboxylic acids is 1. The molecule has 126 valence electrons. The number of carbonyl (C=O) groups is 1. The van der Waals surface area contributed by atoms with Crippen LogP contribution in [0.5, 0.6) is 5.75 Å². The Morgan fingerprint density at radius 1 is 1.00 bits per heavy atom. The molecule has 0 unspecified atom stereocenters. The summed E-state index contributed by atoms with van der Waals surface area (Å²) >= 11 is 0. The molecule has 1 heterocycles. The van der Waals surface area contributed by atoms with E-state index in [2.05, 4.69) is 29.2 Å². The van der Waals surface area contributed by atoms with Crippen molar-refractivity contribution in [3.63, 3.8) is 0 Å². The van der Waals surface area contributed by atoms with Crippen LogP contribution in [0, 0.1) is 5.92 Å². The van der Waals surface area contributed by atoms with Crippen molar-refractivity contribution in [1.29, 1.82) is 0 Å². The highest BCUT2D eigenvalue weighted by atomic mass is 16.5. The highest BCUT2D eigenvalue weighted by Gasteiger charge is 2.24. The molecule has 1 saturated heterocycles. The molecule has 4 heteroatoms. The Balaban J connectivity index is 1.47. The molecule has 3 rings (SSSR count). The quantitative estimate of drug-likeness (QED) is 0.882. The van der Waals surface area contributed by atoms with E-state index in [1.54, 1.807) is 0 Å². The van der Waals surface area contributed by atoms with Gasteiger partial charge in [0, 0.05) is 6.54 Å². The van der Waals surface area contributed by atoms with Crippen LogP contribution in [0.2, 0.25) is 0 Å². The number of piperidine rings is 1. The average molecular weight is 325 g/mol. The lowest BCUT2D eigenvalue weighted by molar-refractivity contribution is -0.143. The number of nitrogens with zero attached hydrogens (tertiary/aromatic N) is 1. The highest BCUT2D eigenvalue weighted by Crippen LogP contribution is 2.20. The second kappa shape index (κ2) is 7.97. The van der Waals surface area contributed by atoms with Gasteiger partial charge in [0.2, 0.25) is 0 Å². The van der Waals surface area contributed by atoms with Crippen LogP contribution in [-0.4, -0.2) is 29.1 Å². The Hall–Kier alpha value is -2.33. The third-order valence-electron chi connectivity index (χ3n) is 4.51. The zero-order chi connectivity index (χ0) is 16.8. The van der Waals surface area contributed by atoms with Gasteiger partial charge < -0.3 is 9.84 Å². The molecule has 0 saturated carbocycles. The molecule has 1 N–H and O–H groups in total. The topological polar surface area (TPSA) is 49.8 Å². The highest BCUT2D eigenvalue weighted by molar-refractivity contribution is 5.70. The van der Waals surface area contributed by atoms with Crippen molar-refractivity contribution in [3.05, 3.63) is 65.7 Å². The molecule has 0 radical (unpaired) electrons. The Labute approximate surface area is 142 Å². The summed E-state index contributed by atoms with van der Waals surface area (Å²) in [6, 6.07) is 18.3. The van der Waals surface area contributed by atoms with E-state index in [4.69, 9.17) is 9.84 Å². The van der Waals surface area contributed by atoms with E-state index in [1.165, 1.54) is 5.56 Å². The van der Waals surface area contributed by atoms with E-state index in [1.807, 2.05) is 30.3 Å². The number of hydrogen-bond acceptors (Lipinski definition) is 3. The van der Waals surface area contributed by atoms with Gasteiger partial charge in [-0.3, -0.25) is 9.69 Å². The van der Waals surface area contributed by atoms with Crippen LogP contribution in [0.3, 0.4) is 0 Å². The van der Waals surface area contributed by atoms with Crippen LogP contribution in [-0.2, 0) is 17.9 Å². The van der Waals surface area contributed by atoms with Gasteiger partial charge in [0.1, 0.15) is 12.4 Å². The molecule has 0 atom stereocenters. The first-order valence-electron chi connectivity index (χ1n) is 8.41. The van der Waals surface area contributed by atoms with Crippen LogP contribution in [0.1, 0.15) is 24.0 Å². The van der Waals surface area contributed by atoms with Crippen molar-refractivity contribution in [2.24, 2.45) is 5.92 Å². The normalized spacial score (nSPS) is 16.0. The van der Waals surface area contributed by atoms with Crippen LogP contribution in [0.4, 0.5) is 0 Å². The molecule has 0 bridgehead atoms. The molecule has 0 spiro atoms. The van der Waals surface area contributed by atoms with Gasteiger partial charge in [-0.25, -0.2) is 0 Å². The lowest BCUT2D eigenvalue weighted by Crippen LogP contribution is -2.35. The molecule has 2 aromatic rings. The van der Waals surface area contributed by atoms with Gasteiger partial charge in [0.25, 0.3) is 0 Å². The van der Waals surface area contributed by atoms with E-state index < -0.39 is 5.97 Å².